The maximum absolute atomic E-state index is 11.8. The van der Waals surface area contributed by atoms with Crippen molar-refractivity contribution in [3.63, 3.8) is 0 Å². The Bertz CT molecular complexity index is 598. The maximum atomic E-state index is 11.8. The molecule has 0 saturated heterocycles. The standard InChI is InChI=1S/C13H13N3O4S/c1-20-9-4-2-8(3-5-9)14-12(19)7-21-13-15-10(17)6-11(18)16-13/h2-5H,6-7H2,1H3,(H,14,19)(H,15,16,17,18). The van der Waals surface area contributed by atoms with Crippen molar-refractivity contribution in [1.82, 2.24) is 5.32 Å². The van der Waals surface area contributed by atoms with Crippen LogP contribution in [0.4, 0.5) is 5.69 Å². The number of rotatable bonds is 4. The number of ether oxygens (including phenoxy) is 1. The van der Waals surface area contributed by atoms with E-state index in [-0.39, 0.29) is 23.2 Å². The first-order valence-corrected chi connectivity index (χ1v) is 7.03. The highest BCUT2D eigenvalue weighted by Gasteiger charge is 2.19. The van der Waals surface area contributed by atoms with Gasteiger partial charge >= 0.3 is 0 Å². The van der Waals surface area contributed by atoms with E-state index >= 15 is 0 Å². The second-order valence-corrected chi connectivity index (χ2v) is 5.07. The van der Waals surface area contributed by atoms with Crippen LogP contribution in [0.2, 0.25) is 0 Å². The zero-order chi connectivity index (χ0) is 15.2. The van der Waals surface area contributed by atoms with Gasteiger partial charge in [-0.15, -0.1) is 0 Å². The zero-order valence-corrected chi connectivity index (χ0v) is 12.0. The van der Waals surface area contributed by atoms with Gasteiger partial charge in [0.15, 0.2) is 5.17 Å². The van der Waals surface area contributed by atoms with Crippen LogP contribution in [0.15, 0.2) is 29.3 Å². The first-order chi connectivity index (χ1) is 10.1. The molecular formula is C13H13N3O4S. The third kappa shape index (κ3) is 4.60. The number of thioether (sulfide) groups is 1. The fraction of sp³-hybridized carbons (Fsp3) is 0.231. The largest absolute Gasteiger partial charge is 0.497 e. The van der Waals surface area contributed by atoms with Crippen LogP contribution in [0, 0.1) is 0 Å². The first-order valence-electron chi connectivity index (χ1n) is 6.05. The molecule has 0 atom stereocenters. The Morgan fingerprint density at radius 1 is 1.38 bits per heavy atom. The summed E-state index contributed by atoms with van der Waals surface area (Å²) in [6, 6.07) is 6.88. The van der Waals surface area contributed by atoms with Gasteiger partial charge in [0.05, 0.1) is 12.9 Å². The lowest BCUT2D eigenvalue weighted by Gasteiger charge is -2.11. The highest BCUT2D eigenvalue weighted by molar-refractivity contribution is 8.14. The Morgan fingerprint density at radius 3 is 2.71 bits per heavy atom. The number of hydrogen-bond donors (Lipinski definition) is 2. The van der Waals surface area contributed by atoms with Crippen LogP contribution in [0.25, 0.3) is 0 Å². The minimum absolute atomic E-state index is 0.0401. The molecule has 2 N–H and O–H groups in total. The number of benzene rings is 1. The SMILES string of the molecule is COc1ccc(NC(=O)CSC2=NC(=O)CC(=O)N2)cc1. The molecule has 0 radical (unpaired) electrons. The highest BCUT2D eigenvalue weighted by atomic mass is 32.2. The molecule has 1 aliphatic heterocycles. The summed E-state index contributed by atoms with van der Waals surface area (Å²) >= 11 is 1.00. The second kappa shape index (κ2) is 6.89. The van der Waals surface area contributed by atoms with Crippen molar-refractivity contribution in [1.29, 1.82) is 0 Å². The van der Waals surface area contributed by atoms with Crippen LogP contribution in [0.5, 0.6) is 5.75 Å². The molecule has 1 aromatic rings. The molecule has 0 fully saturated rings. The van der Waals surface area contributed by atoms with Crippen molar-refractivity contribution < 1.29 is 19.1 Å². The molecule has 7 nitrogen and oxygen atoms in total. The molecule has 1 aliphatic rings. The highest BCUT2D eigenvalue weighted by Crippen LogP contribution is 2.15. The van der Waals surface area contributed by atoms with Crippen LogP contribution < -0.4 is 15.4 Å². The number of nitrogens with zero attached hydrogens (tertiary/aromatic N) is 1. The fourth-order valence-electron chi connectivity index (χ4n) is 1.56. The van der Waals surface area contributed by atoms with Gasteiger partial charge in [0, 0.05) is 5.69 Å². The monoisotopic (exact) mass is 307 g/mol. The number of hydrogen-bond acceptors (Lipinski definition) is 5. The first kappa shape index (κ1) is 15.0. The molecule has 0 spiro atoms. The smallest absolute Gasteiger partial charge is 0.257 e. The number of anilines is 1. The lowest BCUT2D eigenvalue weighted by atomic mass is 10.3. The van der Waals surface area contributed by atoms with Gasteiger partial charge in [-0.2, -0.15) is 4.99 Å². The topological polar surface area (TPSA) is 96.9 Å². The average molecular weight is 307 g/mol. The van der Waals surface area contributed by atoms with Crippen molar-refractivity contribution in [3.8, 4) is 5.75 Å². The summed E-state index contributed by atoms with van der Waals surface area (Å²) in [5.74, 6) is -0.441. The van der Waals surface area contributed by atoms with E-state index in [1.165, 1.54) is 0 Å². The molecule has 3 amide bonds. The van der Waals surface area contributed by atoms with E-state index < -0.39 is 11.8 Å². The van der Waals surface area contributed by atoms with Gasteiger partial charge in [-0.05, 0) is 24.3 Å². The van der Waals surface area contributed by atoms with Crippen molar-refractivity contribution in [3.05, 3.63) is 24.3 Å². The minimum Gasteiger partial charge on any atom is -0.497 e. The van der Waals surface area contributed by atoms with Crippen molar-refractivity contribution in [2.45, 2.75) is 6.42 Å². The maximum Gasteiger partial charge on any atom is 0.257 e. The number of amidine groups is 1. The minimum atomic E-state index is -0.503. The molecule has 0 bridgehead atoms. The Labute approximate surface area is 125 Å². The number of aliphatic imine (C=N–C) groups is 1. The average Bonchev–Trinajstić information content (AvgIpc) is 2.45. The fourth-order valence-corrected chi connectivity index (χ4v) is 2.25. The number of methoxy groups -OCH3 is 1. The van der Waals surface area contributed by atoms with Crippen molar-refractivity contribution in [2.75, 3.05) is 18.2 Å². The lowest BCUT2D eigenvalue weighted by molar-refractivity contribution is -0.127. The number of amides is 3. The van der Waals surface area contributed by atoms with E-state index in [1.807, 2.05) is 0 Å². The molecule has 0 unspecified atom stereocenters. The van der Waals surface area contributed by atoms with Gasteiger partial charge in [-0.25, -0.2) is 0 Å². The number of carbonyl (C=O) groups is 3. The molecule has 0 aromatic heterocycles. The van der Waals surface area contributed by atoms with Crippen LogP contribution in [0.1, 0.15) is 6.42 Å². The summed E-state index contributed by atoms with van der Waals surface area (Å²) in [5.41, 5.74) is 0.632. The Kier molecular flexibility index (Phi) is 4.94. The zero-order valence-electron chi connectivity index (χ0n) is 11.2. The van der Waals surface area contributed by atoms with E-state index in [2.05, 4.69) is 15.6 Å². The molecule has 1 heterocycles. The predicted octanol–water partition coefficient (Wildman–Crippen LogP) is 0.769. The van der Waals surface area contributed by atoms with Crippen LogP contribution >= 0.6 is 11.8 Å². The van der Waals surface area contributed by atoms with E-state index in [4.69, 9.17) is 4.74 Å². The molecule has 21 heavy (non-hydrogen) atoms. The quantitative estimate of drug-likeness (QED) is 0.801. The number of nitrogens with one attached hydrogen (secondary N) is 2. The van der Waals surface area contributed by atoms with Crippen molar-refractivity contribution >= 4 is 40.3 Å². The number of carbonyl (C=O) groups excluding carboxylic acids is 3. The summed E-state index contributed by atoms with van der Waals surface area (Å²) < 4.78 is 5.02. The molecular weight excluding hydrogens is 294 g/mol. The Hall–Kier alpha value is -2.35. The summed E-state index contributed by atoms with van der Waals surface area (Å²) in [6.45, 7) is 0. The molecule has 1 aromatic carbocycles. The van der Waals surface area contributed by atoms with Crippen LogP contribution in [-0.4, -0.2) is 35.8 Å². The molecule has 2 rings (SSSR count). The van der Waals surface area contributed by atoms with Gasteiger partial charge < -0.3 is 15.4 Å². The van der Waals surface area contributed by atoms with Crippen LogP contribution in [-0.2, 0) is 14.4 Å². The summed E-state index contributed by atoms with van der Waals surface area (Å²) in [7, 11) is 1.56. The Balaban J connectivity index is 1.84. The normalized spacial score (nSPS) is 14.2. The van der Waals surface area contributed by atoms with Gasteiger partial charge in [-0.1, -0.05) is 11.8 Å². The van der Waals surface area contributed by atoms with Crippen LogP contribution in [0.3, 0.4) is 0 Å². The summed E-state index contributed by atoms with van der Waals surface area (Å²) in [4.78, 5) is 37.7. The van der Waals surface area contributed by atoms with E-state index in [1.54, 1.807) is 31.4 Å². The molecule has 8 heteroatoms. The van der Waals surface area contributed by atoms with E-state index in [0.29, 0.717) is 11.4 Å². The molecule has 110 valence electrons. The lowest BCUT2D eigenvalue weighted by Crippen LogP contribution is -2.35. The Morgan fingerprint density at radius 2 is 2.10 bits per heavy atom. The molecule has 0 saturated carbocycles. The van der Waals surface area contributed by atoms with E-state index in [0.717, 1.165) is 11.8 Å². The van der Waals surface area contributed by atoms with Gasteiger partial charge in [0.1, 0.15) is 12.2 Å². The second-order valence-electron chi connectivity index (χ2n) is 4.10. The molecule has 0 aliphatic carbocycles. The van der Waals surface area contributed by atoms with Gasteiger partial charge in [-0.3, -0.25) is 14.4 Å². The van der Waals surface area contributed by atoms with Gasteiger partial charge in [0.25, 0.3) is 5.91 Å². The summed E-state index contributed by atoms with van der Waals surface area (Å²) in [6.07, 6.45) is -0.248. The van der Waals surface area contributed by atoms with Crippen molar-refractivity contribution in [2.24, 2.45) is 4.99 Å². The van der Waals surface area contributed by atoms with Gasteiger partial charge in [0.2, 0.25) is 11.8 Å². The van der Waals surface area contributed by atoms with E-state index in [9.17, 15) is 14.4 Å². The summed E-state index contributed by atoms with van der Waals surface area (Å²) in [5, 5.41) is 5.28. The predicted molar refractivity (Wildman–Crippen MR) is 79.3 cm³/mol. The third-order valence-electron chi connectivity index (χ3n) is 2.50. The third-order valence-corrected chi connectivity index (χ3v) is 3.37.